The molecule has 0 aliphatic heterocycles. The first-order chi connectivity index (χ1) is 11.3. The molecule has 0 aliphatic rings. The Hall–Kier alpha value is -2.72. The van der Waals surface area contributed by atoms with Crippen molar-refractivity contribution in [2.24, 2.45) is 0 Å². The predicted octanol–water partition coefficient (Wildman–Crippen LogP) is 5.20. The van der Waals surface area contributed by atoms with Crippen LogP contribution >= 0.6 is 0 Å². The van der Waals surface area contributed by atoms with Gasteiger partial charge >= 0.3 is 0 Å². The first-order valence-corrected chi connectivity index (χ1v) is 7.97. The molecule has 3 aromatic rings. The van der Waals surface area contributed by atoms with E-state index in [4.69, 9.17) is 4.74 Å². The van der Waals surface area contributed by atoms with E-state index in [2.05, 4.69) is 67.3 Å². The van der Waals surface area contributed by atoms with Gasteiger partial charge in [0.15, 0.2) is 0 Å². The number of aryl methyl sites for hydroxylation is 1. The summed E-state index contributed by atoms with van der Waals surface area (Å²) < 4.78 is 5.26. The molecule has 3 aromatic carbocycles. The number of hydrogen-bond acceptors (Lipinski definition) is 1. The lowest BCUT2D eigenvalue weighted by atomic mass is 10.1. The van der Waals surface area contributed by atoms with E-state index in [1.165, 1.54) is 22.8 Å². The molecule has 23 heavy (non-hydrogen) atoms. The van der Waals surface area contributed by atoms with Crippen molar-refractivity contribution in [1.29, 1.82) is 0 Å². The van der Waals surface area contributed by atoms with Gasteiger partial charge in [-0.15, -0.1) is 0 Å². The third kappa shape index (κ3) is 3.73. The lowest BCUT2D eigenvalue weighted by molar-refractivity contribution is 0.415. The van der Waals surface area contributed by atoms with Crippen LogP contribution in [0.25, 0.3) is 10.8 Å². The lowest BCUT2D eigenvalue weighted by Gasteiger charge is -2.02. The maximum atomic E-state index is 5.26. The molecule has 0 atom stereocenters. The molecule has 1 heteroatoms. The Kier molecular flexibility index (Phi) is 4.64. The van der Waals surface area contributed by atoms with Crippen LogP contribution in [0.15, 0.2) is 60.7 Å². The summed E-state index contributed by atoms with van der Waals surface area (Å²) in [6, 6.07) is 20.9. The molecule has 0 N–H and O–H groups in total. The van der Waals surface area contributed by atoms with Crippen LogP contribution in [-0.2, 0) is 6.42 Å². The zero-order valence-corrected chi connectivity index (χ0v) is 13.6. The maximum Gasteiger partial charge on any atom is 0.119 e. The van der Waals surface area contributed by atoms with E-state index in [1.54, 1.807) is 7.11 Å². The molecule has 1 nitrogen and oxygen atoms in total. The van der Waals surface area contributed by atoms with Crippen LogP contribution < -0.4 is 4.74 Å². The van der Waals surface area contributed by atoms with Gasteiger partial charge in [0.1, 0.15) is 5.75 Å². The first kappa shape index (κ1) is 15.2. The smallest absolute Gasteiger partial charge is 0.119 e. The van der Waals surface area contributed by atoms with E-state index in [-0.39, 0.29) is 0 Å². The van der Waals surface area contributed by atoms with Gasteiger partial charge in [0.2, 0.25) is 0 Å². The average Bonchev–Trinajstić information content (AvgIpc) is 2.61. The molecule has 0 bridgehead atoms. The second-order valence-corrected chi connectivity index (χ2v) is 5.62. The molecule has 0 amide bonds. The largest absolute Gasteiger partial charge is 0.497 e. The van der Waals surface area contributed by atoms with Crippen molar-refractivity contribution < 1.29 is 4.74 Å². The highest BCUT2D eigenvalue weighted by atomic mass is 16.5. The number of fused-ring (bicyclic) bond motifs is 1. The minimum absolute atomic E-state index is 0.878. The predicted molar refractivity (Wildman–Crippen MR) is 96.9 cm³/mol. The molecule has 114 valence electrons. The van der Waals surface area contributed by atoms with Crippen molar-refractivity contribution in [1.82, 2.24) is 0 Å². The Morgan fingerprint density at radius 2 is 1.43 bits per heavy atom. The molecule has 0 saturated carbocycles. The Bertz CT molecular complexity index is 864. The molecule has 3 rings (SSSR count). The van der Waals surface area contributed by atoms with Gasteiger partial charge in [-0.1, -0.05) is 49.5 Å². The lowest BCUT2D eigenvalue weighted by Crippen LogP contribution is -1.84. The fourth-order valence-corrected chi connectivity index (χ4v) is 2.62. The molecule has 0 radical (unpaired) electrons. The van der Waals surface area contributed by atoms with Gasteiger partial charge in [-0.3, -0.25) is 0 Å². The number of ether oxygens (including phenoxy) is 1. The van der Waals surface area contributed by atoms with Gasteiger partial charge in [0.05, 0.1) is 7.11 Å². The summed E-state index contributed by atoms with van der Waals surface area (Å²) in [6.07, 6.45) is 2.30. The van der Waals surface area contributed by atoms with E-state index in [1.807, 2.05) is 12.1 Å². The van der Waals surface area contributed by atoms with Crippen molar-refractivity contribution >= 4 is 10.8 Å². The topological polar surface area (TPSA) is 9.23 Å². The van der Waals surface area contributed by atoms with Crippen molar-refractivity contribution in [3.8, 4) is 17.6 Å². The van der Waals surface area contributed by atoms with Crippen molar-refractivity contribution in [2.75, 3.05) is 7.11 Å². The summed E-state index contributed by atoms with van der Waals surface area (Å²) in [5.41, 5.74) is 3.46. The Balaban J connectivity index is 1.84. The van der Waals surface area contributed by atoms with Gasteiger partial charge in [-0.2, -0.15) is 0 Å². The van der Waals surface area contributed by atoms with E-state index >= 15 is 0 Å². The molecule has 0 heterocycles. The summed E-state index contributed by atoms with van der Waals surface area (Å²) >= 11 is 0. The third-order valence-corrected chi connectivity index (χ3v) is 3.89. The highest BCUT2D eigenvalue weighted by Gasteiger charge is 1.97. The molecule has 0 unspecified atom stereocenters. The summed E-state index contributed by atoms with van der Waals surface area (Å²) in [5, 5.41) is 2.34. The van der Waals surface area contributed by atoms with Crippen LogP contribution in [0.4, 0.5) is 0 Å². The van der Waals surface area contributed by atoms with Crippen molar-refractivity contribution in [3.05, 3.63) is 77.4 Å². The van der Waals surface area contributed by atoms with Crippen molar-refractivity contribution in [2.45, 2.75) is 19.8 Å². The third-order valence-electron chi connectivity index (χ3n) is 3.89. The quantitative estimate of drug-likeness (QED) is 0.604. The molecule has 0 aliphatic carbocycles. The average molecular weight is 300 g/mol. The maximum absolute atomic E-state index is 5.26. The van der Waals surface area contributed by atoms with E-state index in [0.29, 0.717) is 0 Å². The second kappa shape index (κ2) is 7.03. The number of rotatable bonds is 3. The normalized spacial score (nSPS) is 10.2. The Morgan fingerprint density at radius 3 is 2.17 bits per heavy atom. The van der Waals surface area contributed by atoms with Crippen LogP contribution in [0.1, 0.15) is 30.0 Å². The molecular formula is C22H20O. The van der Waals surface area contributed by atoms with Gasteiger partial charge in [-0.05, 0) is 59.2 Å². The zero-order chi connectivity index (χ0) is 16.1. The fraction of sp³-hybridized carbons (Fsp3) is 0.182. The van der Waals surface area contributed by atoms with Gasteiger partial charge < -0.3 is 4.74 Å². The summed E-state index contributed by atoms with van der Waals surface area (Å²) in [6.45, 7) is 2.20. The first-order valence-electron chi connectivity index (χ1n) is 7.97. The minimum atomic E-state index is 0.878. The summed E-state index contributed by atoms with van der Waals surface area (Å²) in [7, 11) is 1.69. The summed E-state index contributed by atoms with van der Waals surface area (Å²) in [5.74, 6) is 7.37. The van der Waals surface area contributed by atoms with E-state index in [9.17, 15) is 0 Å². The Morgan fingerprint density at radius 1 is 0.783 bits per heavy atom. The van der Waals surface area contributed by atoms with Gasteiger partial charge in [0, 0.05) is 11.1 Å². The highest BCUT2D eigenvalue weighted by Crippen LogP contribution is 2.21. The van der Waals surface area contributed by atoms with Crippen LogP contribution in [-0.4, -0.2) is 7.11 Å². The van der Waals surface area contributed by atoms with Gasteiger partial charge in [0.25, 0.3) is 0 Å². The summed E-state index contributed by atoms with van der Waals surface area (Å²) in [4.78, 5) is 0. The fourth-order valence-electron chi connectivity index (χ4n) is 2.62. The number of hydrogen-bond donors (Lipinski definition) is 0. The highest BCUT2D eigenvalue weighted by molar-refractivity contribution is 5.85. The molecular weight excluding hydrogens is 280 g/mol. The molecule has 0 saturated heterocycles. The monoisotopic (exact) mass is 300 g/mol. The zero-order valence-electron chi connectivity index (χ0n) is 13.6. The van der Waals surface area contributed by atoms with Crippen LogP contribution in [0.2, 0.25) is 0 Å². The number of methoxy groups -OCH3 is 1. The minimum Gasteiger partial charge on any atom is -0.497 e. The SMILES string of the molecule is CCCc1ccc(C#Cc2ccc3cc(OC)ccc3c2)cc1. The van der Waals surface area contributed by atoms with E-state index in [0.717, 1.165) is 23.3 Å². The van der Waals surface area contributed by atoms with Crippen LogP contribution in [0.5, 0.6) is 5.75 Å². The van der Waals surface area contributed by atoms with E-state index < -0.39 is 0 Å². The number of benzene rings is 3. The Labute approximate surface area is 137 Å². The standard InChI is InChI=1S/C22H20O/c1-3-4-17-5-7-18(8-6-17)9-10-19-11-12-21-16-22(23-2)14-13-20(21)15-19/h5-8,11-16H,3-4H2,1-2H3. The molecule has 0 aromatic heterocycles. The van der Waals surface area contributed by atoms with Crippen LogP contribution in [0, 0.1) is 11.8 Å². The molecule has 0 fully saturated rings. The second-order valence-electron chi connectivity index (χ2n) is 5.62. The molecule has 0 spiro atoms. The van der Waals surface area contributed by atoms with Gasteiger partial charge in [-0.25, -0.2) is 0 Å². The van der Waals surface area contributed by atoms with Crippen LogP contribution in [0.3, 0.4) is 0 Å². The van der Waals surface area contributed by atoms with Crippen molar-refractivity contribution in [3.63, 3.8) is 0 Å².